The van der Waals surface area contributed by atoms with E-state index in [4.69, 9.17) is 9.84 Å². The summed E-state index contributed by atoms with van der Waals surface area (Å²) in [7, 11) is 0. The molecule has 0 radical (unpaired) electrons. The fourth-order valence-electron chi connectivity index (χ4n) is 2.25. The molecule has 1 amide bonds. The van der Waals surface area contributed by atoms with Gasteiger partial charge in [-0.2, -0.15) is 0 Å². The van der Waals surface area contributed by atoms with Crippen LogP contribution in [-0.4, -0.2) is 29.7 Å². The van der Waals surface area contributed by atoms with E-state index in [-0.39, 0.29) is 0 Å². The molecule has 0 aliphatic carbocycles. The van der Waals surface area contributed by atoms with Gasteiger partial charge >= 0.3 is 6.09 Å². The van der Waals surface area contributed by atoms with Gasteiger partial charge in [-0.15, -0.1) is 0 Å². The molecule has 0 unspecified atom stereocenters. The lowest BCUT2D eigenvalue weighted by atomic mass is 10.0. The van der Waals surface area contributed by atoms with Crippen molar-refractivity contribution in [2.24, 2.45) is 0 Å². The Kier molecular flexibility index (Phi) is 5.07. The van der Waals surface area contributed by atoms with E-state index < -0.39 is 6.09 Å². The van der Waals surface area contributed by atoms with Gasteiger partial charge < -0.3 is 9.84 Å². The summed E-state index contributed by atoms with van der Waals surface area (Å²) in [5.74, 6) is 0.834. The Hall–Kier alpha value is -1.23. The molecule has 0 fully saturated rings. The zero-order valence-corrected chi connectivity index (χ0v) is 12.4. The monoisotopic (exact) mass is 327 g/mol. The summed E-state index contributed by atoms with van der Waals surface area (Å²) >= 11 is 3.39. The summed E-state index contributed by atoms with van der Waals surface area (Å²) in [5, 5.41) is 10.1. The number of aryl methyl sites for hydroxylation is 1. The van der Waals surface area contributed by atoms with Gasteiger partial charge in [-0.05, 0) is 49.4 Å². The first-order chi connectivity index (χ1) is 9.22. The standard InChI is InChI=1S/C14H18BrNO3/c15-7-1-2-9-19-12-5-6-13-11(10-12)4-3-8-16(13)14(17)18/h5-6,10H,1-4,7-9H2,(H,17,18). The third kappa shape index (κ3) is 3.62. The van der Waals surface area contributed by atoms with E-state index in [1.54, 1.807) is 0 Å². The largest absolute Gasteiger partial charge is 0.494 e. The predicted octanol–water partition coefficient (Wildman–Crippen LogP) is 3.67. The third-order valence-corrected chi connectivity index (χ3v) is 3.76. The zero-order chi connectivity index (χ0) is 13.7. The third-order valence-electron chi connectivity index (χ3n) is 3.20. The number of anilines is 1. The molecule has 1 N–H and O–H groups in total. The molecule has 5 heteroatoms. The maximum atomic E-state index is 11.1. The van der Waals surface area contributed by atoms with E-state index in [2.05, 4.69) is 15.9 Å². The van der Waals surface area contributed by atoms with Crippen LogP contribution >= 0.6 is 15.9 Å². The van der Waals surface area contributed by atoms with Crippen molar-refractivity contribution in [3.05, 3.63) is 23.8 Å². The number of alkyl halides is 1. The lowest BCUT2D eigenvalue weighted by Crippen LogP contribution is -2.34. The van der Waals surface area contributed by atoms with Crippen LogP contribution in [0.15, 0.2) is 18.2 Å². The molecule has 1 aliphatic heterocycles. The first kappa shape index (κ1) is 14.2. The van der Waals surface area contributed by atoms with Crippen LogP contribution in [0.2, 0.25) is 0 Å². The number of hydrogen-bond donors (Lipinski definition) is 1. The molecule has 104 valence electrons. The Labute approximate surface area is 121 Å². The van der Waals surface area contributed by atoms with Gasteiger partial charge in [0.2, 0.25) is 0 Å². The van der Waals surface area contributed by atoms with Gasteiger partial charge in [-0.25, -0.2) is 4.79 Å². The number of amides is 1. The molecule has 0 saturated carbocycles. The Morgan fingerprint density at radius 1 is 1.42 bits per heavy atom. The number of unbranched alkanes of at least 4 members (excludes halogenated alkanes) is 1. The Balaban J connectivity index is 2.04. The first-order valence-electron chi connectivity index (χ1n) is 6.54. The number of nitrogens with zero attached hydrogens (tertiary/aromatic N) is 1. The van der Waals surface area contributed by atoms with Gasteiger partial charge in [0.05, 0.1) is 12.3 Å². The van der Waals surface area contributed by atoms with Crippen LogP contribution in [0, 0.1) is 0 Å². The van der Waals surface area contributed by atoms with E-state index in [0.717, 1.165) is 48.0 Å². The molecule has 2 rings (SSSR count). The second-order valence-corrected chi connectivity index (χ2v) is 5.37. The number of carbonyl (C=O) groups is 1. The summed E-state index contributed by atoms with van der Waals surface area (Å²) in [6.07, 6.45) is 3.01. The van der Waals surface area contributed by atoms with E-state index >= 15 is 0 Å². The van der Waals surface area contributed by atoms with Gasteiger partial charge in [-0.3, -0.25) is 4.90 Å². The molecular formula is C14H18BrNO3. The van der Waals surface area contributed by atoms with Gasteiger partial charge in [0.15, 0.2) is 0 Å². The topological polar surface area (TPSA) is 49.8 Å². The van der Waals surface area contributed by atoms with Crippen LogP contribution in [0.5, 0.6) is 5.75 Å². The highest BCUT2D eigenvalue weighted by molar-refractivity contribution is 9.09. The van der Waals surface area contributed by atoms with Crippen molar-refractivity contribution in [2.75, 3.05) is 23.4 Å². The average molecular weight is 328 g/mol. The van der Waals surface area contributed by atoms with Gasteiger partial charge in [-0.1, -0.05) is 15.9 Å². The van der Waals surface area contributed by atoms with Gasteiger partial charge in [0.1, 0.15) is 5.75 Å². The highest BCUT2D eigenvalue weighted by Gasteiger charge is 2.22. The number of fused-ring (bicyclic) bond motifs is 1. The number of benzene rings is 1. The molecular weight excluding hydrogens is 310 g/mol. The van der Waals surface area contributed by atoms with Crippen molar-refractivity contribution in [1.29, 1.82) is 0 Å². The number of hydrogen-bond acceptors (Lipinski definition) is 2. The maximum absolute atomic E-state index is 11.1. The van der Waals surface area contributed by atoms with Crippen molar-refractivity contribution in [1.82, 2.24) is 0 Å². The molecule has 19 heavy (non-hydrogen) atoms. The van der Waals surface area contributed by atoms with Crippen LogP contribution in [0.25, 0.3) is 0 Å². The molecule has 1 aromatic carbocycles. The SMILES string of the molecule is O=C(O)N1CCCc2cc(OCCCCBr)ccc21. The molecule has 0 atom stereocenters. The summed E-state index contributed by atoms with van der Waals surface area (Å²) in [4.78, 5) is 12.5. The van der Waals surface area contributed by atoms with E-state index in [9.17, 15) is 4.79 Å². The minimum Gasteiger partial charge on any atom is -0.494 e. The van der Waals surface area contributed by atoms with Crippen molar-refractivity contribution >= 4 is 27.7 Å². The molecule has 0 bridgehead atoms. The van der Waals surface area contributed by atoms with Crippen LogP contribution in [0.3, 0.4) is 0 Å². The highest BCUT2D eigenvalue weighted by Crippen LogP contribution is 2.30. The number of halogens is 1. The maximum Gasteiger partial charge on any atom is 0.411 e. The number of rotatable bonds is 5. The quantitative estimate of drug-likeness (QED) is 0.663. The van der Waals surface area contributed by atoms with Crippen molar-refractivity contribution in [3.63, 3.8) is 0 Å². The summed E-state index contributed by atoms with van der Waals surface area (Å²) in [6, 6.07) is 5.68. The number of ether oxygens (including phenoxy) is 1. The zero-order valence-electron chi connectivity index (χ0n) is 10.8. The Bertz CT molecular complexity index is 450. The second-order valence-electron chi connectivity index (χ2n) is 4.57. The van der Waals surface area contributed by atoms with Crippen LogP contribution in [-0.2, 0) is 6.42 Å². The highest BCUT2D eigenvalue weighted by atomic mass is 79.9. The molecule has 0 aromatic heterocycles. The minimum absolute atomic E-state index is 0.577. The first-order valence-corrected chi connectivity index (χ1v) is 7.66. The van der Waals surface area contributed by atoms with E-state index in [0.29, 0.717) is 13.2 Å². The number of carboxylic acid groups (broad SMARTS) is 1. The Morgan fingerprint density at radius 3 is 3.00 bits per heavy atom. The van der Waals surface area contributed by atoms with Crippen molar-refractivity contribution in [3.8, 4) is 5.75 Å². The summed E-state index contributed by atoms with van der Waals surface area (Å²) in [6.45, 7) is 1.28. The van der Waals surface area contributed by atoms with Crippen molar-refractivity contribution in [2.45, 2.75) is 25.7 Å². The van der Waals surface area contributed by atoms with Crippen LogP contribution in [0.4, 0.5) is 10.5 Å². The van der Waals surface area contributed by atoms with Gasteiger partial charge in [0, 0.05) is 11.9 Å². The summed E-state index contributed by atoms with van der Waals surface area (Å²) < 4.78 is 5.68. The van der Waals surface area contributed by atoms with E-state index in [1.165, 1.54) is 4.90 Å². The van der Waals surface area contributed by atoms with Crippen molar-refractivity contribution < 1.29 is 14.6 Å². The van der Waals surface area contributed by atoms with E-state index in [1.807, 2.05) is 18.2 Å². The van der Waals surface area contributed by atoms with Gasteiger partial charge in [0.25, 0.3) is 0 Å². The minimum atomic E-state index is -0.882. The lowest BCUT2D eigenvalue weighted by Gasteiger charge is -2.27. The molecule has 1 heterocycles. The normalized spacial score (nSPS) is 14.1. The second kappa shape index (κ2) is 6.80. The smallest absolute Gasteiger partial charge is 0.411 e. The Morgan fingerprint density at radius 2 is 2.26 bits per heavy atom. The van der Waals surface area contributed by atoms with Crippen LogP contribution in [0.1, 0.15) is 24.8 Å². The molecule has 1 aromatic rings. The molecule has 0 spiro atoms. The molecule has 0 saturated heterocycles. The lowest BCUT2D eigenvalue weighted by molar-refractivity contribution is 0.201. The molecule has 4 nitrogen and oxygen atoms in total. The fourth-order valence-corrected chi connectivity index (χ4v) is 2.65. The predicted molar refractivity (Wildman–Crippen MR) is 78.7 cm³/mol. The fraction of sp³-hybridized carbons (Fsp3) is 0.500. The average Bonchev–Trinajstić information content (AvgIpc) is 2.42. The van der Waals surface area contributed by atoms with Crippen LogP contribution < -0.4 is 9.64 Å². The summed E-state index contributed by atoms with van der Waals surface area (Å²) in [5.41, 5.74) is 1.86. The molecule has 1 aliphatic rings.